The summed E-state index contributed by atoms with van der Waals surface area (Å²) >= 11 is 0. The molecule has 1 amide bonds. The quantitative estimate of drug-likeness (QED) is 0.866. The Kier molecular flexibility index (Phi) is 4.99. The molecule has 0 spiro atoms. The van der Waals surface area contributed by atoms with E-state index in [0.29, 0.717) is 5.56 Å². The summed E-state index contributed by atoms with van der Waals surface area (Å²) in [5.41, 5.74) is 4.79. The average molecular weight is 282 g/mol. The second-order valence-electron chi connectivity index (χ2n) is 4.91. The fraction of sp³-hybridized carbons (Fsp3) is 0.278. The molecule has 0 radical (unpaired) electrons. The number of aryl methyl sites for hydroxylation is 2. The summed E-state index contributed by atoms with van der Waals surface area (Å²) in [5, 5.41) is 6.15. The predicted octanol–water partition coefficient (Wildman–Crippen LogP) is 4.11. The number of amides is 1. The number of carbonyl (C=O) groups is 1. The van der Waals surface area contributed by atoms with Gasteiger partial charge >= 0.3 is 0 Å². The summed E-state index contributed by atoms with van der Waals surface area (Å²) in [6.45, 7) is 4.21. The highest BCUT2D eigenvalue weighted by molar-refractivity contribution is 6.08. The third-order valence-corrected chi connectivity index (χ3v) is 3.68. The molecule has 0 saturated heterocycles. The van der Waals surface area contributed by atoms with Crippen LogP contribution in [0.4, 0.5) is 11.4 Å². The molecule has 2 aromatic rings. The Labute approximate surface area is 126 Å². The van der Waals surface area contributed by atoms with E-state index < -0.39 is 0 Å². The zero-order chi connectivity index (χ0) is 15.2. The molecule has 0 bridgehead atoms. The van der Waals surface area contributed by atoms with Crippen LogP contribution in [-0.4, -0.2) is 13.0 Å². The van der Waals surface area contributed by atoms with Gasteiger partial charge in [-0.1, -0.05) is 44.2 Å². The van der Waals surface area contributed by atoms with Crippen molar-refractivity contribution in [3.05, 3.63) is 59.2 Å². The van der Waals surface area contributed by atoms with E-state index in [9.17, 15) is 4.79 Å². The second-order valence-corrected chi connectivity index (χ2v) is 4.91. The number of hydrogen-bond donors (Lipinski definition) is 2. The van der Waals surface area contributed by atoms with Crippen molar-refractivity contribution in [1.82, 2.24) is 0 Å². The van der Waals surface area contributed by atoms with E-state index in [0.717, 1.165) is 24.2 Å². The number of anilines is 2. The largest absolute Gasteiger partial charge is 0.387 e. The zero-order valence-electron chi connectivity index (χ0n) is 12.9. The zero-order valence-corrected chi connectivity index (χ0v) is 12.9. The van der Waals surface area contributed by atoms with E-state index in [4.69, 9.17) is 0 Å². The lowest BCUT2D eigenvalue weighted by Crippen LogP contribution is -2.16. The molecule has 2 N–H and O–H groups in total. The predicted molar refractivity (Wildman–Crippen MR) is 89.1 cm³/mol. The minimum atomic E-state index is -0.0736. The van der Waals surface area contributed by atoms with Crippen molar-refractivity contribution in [2.24, 2.45) is 0 Å². The molecule has 3 nitrogen and oxygen atoms in total. The molecule has 0 heterocycles. The summed E-state index contributed by atoms with van der Waals surface area (Å²) in [7, 11) is 1.82. The van der Waals surface area contributed by atoms with Crippen molar-refractivity contribution in [2.75, 3.05) is 17.7 Å². The van der Waals surface area contributed by atoms with Gasteiger partial charge < -0.3 is 10.6 Å². The van der Waals surface area contributed by atoms with Crippen LogP contribution in [0.1, 0.15) is 35.3 Å². The van der Waals surface area contributed by atoms with E-state index in [1.165, 1.54) is 11.1 Å². The van der Waals surface area contributed by atoms with E-state index in [-0.39, 0.29) is 5.91 Å². The summed E-state index contributed by atoms with van der Waals surface area (Å²) in [6, 6.07) is 13.7. The summed E-state index contributed by atoms with van der Waals surface area (Å²) in [4.78, 5) is 12.6. The molecular formula is C18H22N2O. The van der Waals surface area contributed by atoms with Gasteiger partial charge in [-0.15, -0.1) is 0 Å². The van der Waals surface area contributed by atoms with Gasteiger partial charge in [-0.25, -0.2) is 0 Å². The highest BCUT2D eigenvalue weighted by Gasteiger charge is 2.14. The third-order valence-electron chi connectivity index (χ3n) is 3.68. The number of rotatable bonds is 5. The van der Waals surface area contributed by atoms with Crippen LogP contribution in [0.15, 0.2) is 42.5 Å². The molecule has 110 valence electrons. The van der Waals surface area contributed by atoms with Gasteiger partial charge in [-0.05, 0) is 36.1 Å². The first-order valence-corrected chi connectivity index (χ1v) is 7.40. The lowest BCUT2D eigenvalue weighted by molar-refractivity contribution is 0.102. The van der Waals surface area contributed by atoms with Crippen molar-refractivity contribution < 1.29 is 4.79 Å². The smallest absolute Gasteiger partial charge is 0.257 e. The first-order chi connectivity index (χ1) is 10.2. The Bertz CT molecular complexity index is 613. The van der Waals surface area contributed by atoms with Crippen molar-refractivity contribution in [3.63, 3.8) is 0 Å². The maximum absolute atomic E-state index is 12.6. The maximum atomic E-state index is 12.6. The van der Waals surface area contributed by atoms with Gasteiger partial charge in [0.2, 0.25) is 0 Å². The number of benzene rings is 2. The van der Waals surface area contributed by atoms with Gasteiger partial charge in [0.1, 0.15) is 0 Å². The van der Waals surface area contributed by atoms with Crippen LogP contribution in [0.5, 0.6) is 0 Å². The SMILES string of the molecule is CCc1cccc(CC)c1NC(=O)c1ccccc1NC. The van der Waals surface area contributed by atoms with Crippen LogP contribution in [0.3, 0.4) is 0 Å². The number of nitrogens with one attached hydrogen (secondary N) is 2. The lowest BCUT2D eigenvalue weighted by Gasteiger charge is -2.15. The molecule has 0 aliphatic heterocycles. The Hall–Kier alpha value is -2.29. The molecule has 0 fully saturated rings. The average Bonchev–Trinajstić information content (AvgIpc) is 2.54. The van der Waals surface area contributed by atoms with Crippen LogP contribution in [-0.2, 0) is 12.8 Å². The first-order valence-electron chi connectivity index (χ1n) is 7.40. The number of carbonyl (C=O) groups excluding carboxylic acids is 1. The number of para-hydroxylation sites is 2. The molecule has 0 unspecified atom stereocenters. The van der Waals surface area contributed by atoms with Gasteiger partial charge in [0.25, 0.3) is 5.91 Å². The highest BCUT2D eigenvalue weighted by atomic mass is 16.1. The molecule has 0 aliphatic rings. The molecule has 0 atom stereocenters. The Morgan fingerprint density at radius 3 is 2.14 bits per heavy atom. The second kappa shape index (κ2) is 6.93. The number of hydrogen-bond acceptors (Lipinski definition) is 2. The fourth-order valence-corrected chi connectivity index (χ4v) is 2.48. The molecule has 3 heteroatoms. The first kappa shape index (κ1) is 15.1. The summed E-state index contributed by atoms with van der Waals surface area (Å²) in [6.07, 6.45) is 1.80. The van der Waals surface area contributed by atoms with Gasteiger partial charge in [0.05, 0.1) is 5.56 Å². The van der Waals surface area contributed by atoms with E-state index >= 15 is 0 Å². The van der Waals surface area contributed by atoms with E-state index in [1.54, 1.807) is 0 Å². The Balaban J connectivity index is 2.36. The highest BCUT2D eigenvalue weighted by Crippen LogP contribution is 2.24. The maximum Gasteiger partial charge on any atom is 0.257 e. The van der Waals surface area contributed by atoms with E-state index in [1.807, 2.05) is 31.3 Å². The molecule has 0 aliphatic carbocycles. The van der Waals surface area contributed by atoms with Crippen LogP contribution in [0.2, 0.25) is 0 Å². The summed E-state index contributed by atoms with van der Waals surface area (Å²) < 4.78 is 0. The van der Waals surface area contributed by atoms with Crippen molar-refractivity contribution in [1.29, 1.82) is 0 Å². The molecule has 0 aromatic heterocycles. The van der Waals surface area contributed by atoms with Crippen molar-refractivity contribution in [2.45, 2.75) is 26.7 Å². The Morgan fingerprint density at radius 2 is 1.57 bits per heavy atom. The van der Waals surface area contributed by atoms with Crippen LogP contribution < -0.4 is 10.6 Å². The van der Waals surface area contributed by atoms with Crippen LogP contribution in [0, 0.1) is 0 Å². The molecule has 21 heavy (non-hydrogen) atoms. The summed E-state index contributed by atoms with van der Waals surface area (Å²) in [5.74, 6) is -0.0736. The third kappa shape index (κ3) is 3.24. The molecule has 2 aromatic carbocycles. The van der Waals surface area contributed by atoms with Gasteiger partial charge in [-0.3, -0.25) is 4.79 Å². The minimum Gasteiger partial charge on any atom is -0.387 e. The minimum absolute atomic E-state index is 0.0736. The van der Waals surface area contributed by atoms with Gasteiger partial charge in [0.15, 0.2) is 0 Å². The Morgan fingerprint density at radius 1 is 0.952 bits per heavy atom. The molecule has 2 rings (SSSR count). The topological polar surface area (TPSA) is 41.1 Å². The van der Waals surface area contributed by atoms with Crippen LogP contribution >= 0.6 is 0 Å². The van der Waals surface area contributed by atoms with Gasteiger partial charge in [0, 0.05) is 18.4 Å². The van der Waals surface area contributed by atoms with Crippen molar-refractivity contribution in [3.8, 4) is 0 Å². The van der Waals surface area contributed by atoms with Crippen molar-refractivity contribution >= 4 is 17.3 Å². The standard InChI is InChI=1S/C18H22N2O/c1-4-13-9-8-10-14(5-2)17(13)20-18(21)15-11-6-7-12-16(15)19-3/h6-12,19H,4-5H2,1-3H3,(H,20,21). The van der Waals surface area contributed by atoms with Crippen LogP contribution in [0.25, 0.3) is 0 Å². The molecular weight excluding hydrogens is 260 g/mol. The monoisotopic (exact) mass is 282 g/mol. The van der Waals surface area contributed by atoms with Gasteiger partial charge in [-0.2, -0.15) is 0 Å². The normalized spacial score (nSPS) is 10.2. The fourth-order valence-electron chi connectivity index (χ4n) is 2.48. The lowest BCUT2D eigenvalue weighted by atomic mass is 10.0. The molecule has 0 saturated carbocycles. The van der Waals surface area contributed by atoms with E-state index in [2.05, 4.69) is 42.7 Å².